The van der Waals surface area contributed by atoms with Gasteiger partial charge >= 0.3 is 0 Å². The highest BCUT2D eigenvalue weighted by Crippen LogP contribution is 2.22. The van der Waals surface area contributed by atoms with Crippen molar-refractivity contribution in [1.82, 2.24) is 0 Å². The van der Waals surface area contributed by atoms with Gasteiger partial charge in [-0.2, -0.15) is 0 Å². The number of fused-ring (bicyclic) bond motifs is 1. The normalized spacial score (nSPS) is 13.9. The summed E-state index contributed by atoms with van der Waals surface area (Å²) in [5.41, 5.74) is 4.51. The van der Waals surface area contributed by atoms with Crippen molar-refractivity contribution in [3.63, 3.8) is 0 Å². The average molecular weight is 277 g/mol. The lowest BCUT2D eigenvalue weighted by molar-refractivity contribution is 0.104. The standard InChI is InChI=1S/C19H19NO/c21-19(12-13-20-18-8-2-1-3-9-18)17-11-10-15-6-4-5-7-16(15)14-17/h1-3,8-14,20H,4-7H2/b13-12+. The quantitative estimate of drug-likeness (QED) is 0.664. The molecular weight excluding hydrogens is 258 g/mol. The fourth-order valence-corrected chi connectivity index (χ4v) is 2.73. The van der Waals surface area contributed by atoms with E-state index < -0.39 is 0 Å². The number of rotatable bonds is 4. The third kappa shape index (κ3) is 3.40. The third-order valence-corrected chi connectivity index (χ3v) is 3.89. The number of benzene rings is 2. The summed E-state index contributed by atoms with van der Waals surface area (Å²) in [5.74, 6) is 0.0480. The first-order valence-corrected chi connectivity index (χ1v) is 7.47. The molecule has 0 spiro atoms. The van der Waals surface area contributed by atoms with Gasteiger partial charge < -0.3 is 5.32 Å². The second-order valence-electron chi connectivity index (χ2n) is 5.40. The lowest BCUT2D eigenvalue weighted by Gasteiger charge is -2.15. The minimum Gasteiger partial charge on any atom is -0.362 e. The molecule has 0 bridgehead atoms. The first-order chi connectivity index (χ1) is 10.3. The fourth-order valence-electron chi connectivity index (χ4n) is 2.73. The largest absolute Gasteiger partial charge is 0.362 e. The second kappa shape index (κ2) is 6.40. The van der Waals surface area contributed by atoms with E-state index in [0.717, 1.165) is 24.1 Å². The molecule has 0 saturated carbocycles. The van der Waals surface area contributed by atoms with Crippen LogP contribution in [0.25, 0.3) is 0 Å². The predicted octanol–water partition coefficient (Wildman–Crippen LogP) is 4.37. The maximum absolute atomic E-state index is 12.2. The topological polar surface area (TPSA) is 29.1 Å². The molecule has 1 aliphatic carbocycles. The van der Waals surface area contributed by atoms with Gasteiger partial charge in [0.15, 0.2) is 5.78 Å². The number of aryl methyl sites for hydroxylation is 2. The smallest absolute Gasteiger partial charge is 0.187 e. The summed E-state index contributed by atoms with van der Waals surface area (Å²) < 4.78 is 0. The number of ketones is 1. The molecule has 0 amide bonds. The van der Waals surface area contributed by atoms with Crippen molar-refractivity contribution < 1.29 is 4.79 Å². The van der Waals surface area contributed by atoms with Crippen LogP contribution in [0.1, 0.15) is 34.3 Å². The van der Waals surface area contributed by atoms with Gasteiger partial charge in [-0.25, -0.2) is 0 Å². The molecule has 0 radical (unpaired) electrons. The Balaban J connectivity index is 1.68. The van der Waals surface area contributed by atoms with E-state index in [9.17, 15) is 4.79 Å². The molecule has 0 heterocycles. The van der Waals surface area contributed by atoms with Gasteiger partial charge in [-0.05, 0) is 55.0 Å². The van der Waals surface area contributed by atoms with Gasteiger partial charge in [-0.1, -0.05) is 30.3 Å². The van der Waals surface area contributed by atoms with Crippen molar-refractivity contribution in [2.45, 2.75) is 25.7 Å². The van der Waals surface area contributed by atoms with Crippen LogP contribution in [0.4, 0.5) is 5.69 Å². The Kier molecular flexibility index (Phi) is 4.15. The zero-order chi connectivity index (χ0) is 14.5. The Labute approximate surface area is 125 Å². The first-order valence-electron chi connectivity index (χ1n) is 7.47. The van der Waals surface area contributed by atoms with E-state index in [0.29, 0.717) is 0 Å². The second-order valence-corrected chi connectivity index (χ2v) is 5.40. The van der Waals surface area contributed by atoms with Crippen molar-refractivity contribution in [1.29, 1.82) is 0 Å². The number of anilines is 1. The number of allylic oxidation sites excluding steroid dienone is 1. The van der Waals surface area contributed by atoms with Crippen LogP contribution in [0.3, 0.4) is 0 Å². The lowest BCUT2D eigenvalue weighted by Crippen LogP contribution is -2.05. The molecule has 0 fully saturated rings. The van der Waals surface area contributed by atoms with Gasteiger partial charge in [0.1, 0.15) is 0 Å². The van der Waals surface area contributed by atoms with Gasteiger partial charge in [-0.3, -0.25) is 4.79 Å². The predicted molar refractivity (Wildman–Crippen MR) is 86.6 cm³/mol. The van der Waals surface area contributed by atoms with Crippen LogP contribution in [0.15, 0.2) is 60.8 Å². The molecule has 21 heavy (non-hydrogen) atoms. The molecule has 106 valence electrons. The Hall–Kier alpha value is -2.35. The summed E-state index contributed by atoms with van der Waals surface area (Å²) >= 11 is 0. The van der Waals surface area contributed by atoms with Crippen molar-refractivity contribution in [3.8, 4) is 0 Å². The Morgan fingerprint density at radius 1 is 0.952 bits per heavy atom. The number of hydrogen-bond donors (Lipinski definition) is 1. The summed E-state index contributed by atoms with van der Waals surface area (Å²) in [4.78, 5) is 12.2. The highest BCUT2D eigenvalue weighted by atomic mass is 16.1. The summed E-state index contributed by atoms with van der Waals surface area (Å²) in [7, 11) is 0. The minimum atomic E-state index is 0.0480. The van der Waals surface area contributed by atoms with Crippen LogP contribution in [0, 0.1) is 0 Å². The first kappa shape index (κ1) is 13.6. The Morgan fingerprint density at radius 3 is 2.52 bits per heavy atom. The number of carbonyl (C=O) groups is 1. The number of para-hydroxylation sites is 1. The fraction of sp³-hybridized carbons (Fsp3) is 0.211. The number of hydrogen-bond acceptors (Lipinski definition) is 2. The van der Waals surface area contributed by atoms with E-state index in [1.807, 2.05) is 36.4 Å². The summed E-state index contributed by atoms with van der Waals surface area (Å²) in [5, 5.41) is 3.11. The van der Waals surface area contributed by atoms with Crippen LogP contribution in [-0.2, 0) is 12.8 Å². The number of carbonyl (C=O) groups excluding carboxylic acids is 1. The molecule has 0 saturated heterocycles. The molecular formula is C19H19NO. The monoisotopic (exact) mass is 277 g/mol. The molecule has 3 rings (SSSR count). The molecule has 0 aromatic heterocycles. The van der Waals surface area contributed by atoms with E-state index in [2.05, 4.69) is 17.4 Å². The van der Waals surface area contributed by atoms with Gasteiger partial charge in [-0.15, -0.1) is 0 Å². The molecule has 1 aliphatic rings. The molecule has 2 aromatic rings. The van der Waals surface area contributed by atoms with E-state index in [4.69, 9.17) is 0 Å². The van der Waals surface area contributed by atoms with Crippen LogP contribution >= 0.6 is 0 Å². The van der Waals surface area contributed by atoms with Crippen molar-refractivity contribution in [2.75, 3.05) is 5.32 Å². The van der Waals surface area contributed by atoms with Crippen LogP contribution in [0.5, 0.6) is 0 Å². The Bertz CT molecular complexity index is 659. The zero-order valence-electron chi connectivity index (χ0n) is 12.0. The number of nitrogens with one attached hydrogen (secondary N) is 1. The minimum absolute atomic E-state index is 0.0480. The van der Waals surface area contributed by atoms with E-state index >= 15 is 0 Å². The van der Waals surface area contributed by atoms with Crippen molar-refractivity contribution in [2.24, 2.45) is 0 Å². The van der Waals surface area contributed by atoms with Crippen LogP contribution < -0.4 is 5.32 Å². The molecule has 1 N–H and O–H groups in total. The molecule has 0 aliphatic heterocycles. The Morgan fingerprint density at radius 2 is 1.71 bits per heavy atom. The van der Waals surface area contributed by atoms with Gasteiger partial charge in [0.25, 0.3) is 0 Å². The van der Waals surface area contributed by atoms with E-state index in [1.54, 1.807) is 12.3 Å². The molecule has 2 aromatic carbocycles. The molecule has 2 heteroatoms. The zero-order valence-corrected chi connectivity index (χ0v) is 12.0. The molecule has 0 atom stereocenters. The van der Waals surface area contributed by atoms with Crippen molar-refractivity contribution >= 4 is 11.5 Å². The summed E-state index contributed by atoms with van der Waals surface area (Å²) in [6, 6.07) is 15.9. The van der Waals surface area contributed by atoms with Gasteiger partial charge in [0, 0.05) is 23.5 Å². The summed E-state index contributed by atoms with van der Waals surface area (Å²) in [6.45, 7) is 0. The van der Waals surface area contributed by atoms with Crippen molar-refractivity contribution in [3.05, 3.63) is 77.5 Å². The molecule has 2 nitrogen and oxygen atoms in total. The molecule has 0 unspecified atom stereocenters. The summed E-state index contributed by atoms with van der Waals surface area (Å²) in [6.07, 6.45) is 8.05. The SMILES string of the molecule is O=C(/C=C/Nc1ccccc1)c1ccc2c(c1)CCCC2. The van der Waals surface area contributed by atoms with E-state index in [1.165, 1.54) is 24.0 Å². The maximum Gasteiger partial charge on any atom is 0.187 e. The third-order valence-electron chi connectivity index (χ3n) is 3.89. The maximum atomic E-state index is 12.2. The highest BCUT2D eigenvalue weighted by molar-refractivity contribution is 6.04. The van der Waals surface area contributed by atoms with E-state index in [-0.39, 0.29) is 5.78 Å². The lowest BCUT2D eigenvalue weighted by atomic mass is 9.90. The van der Waals surface area contributed by atoms with Crippen LogP contribution in [0.2, 0.25) is 0 Å². The average Bonchev–Trinajstić information content (AvgIpc) is 2.55. The van der Waals surface area contributed by atoms with Crippen LogP contribution in [-0.4, -0.2) is 5.78 Å². The van der Waals surface area contributed by atoms with Gasteiger partial charge in [0.05, 0.1) is 0 Å². The van der Waals surface area contributed by atoms with Gasteiger partial charge in [0.2, 0.25) is 0 Å². The highest BCUT2D eigenvalue weighted by Gasteiger charge is 2.11.